The second-order valence-corrected chi connectivity index (χ2v) is 6.73. The number of benzene rings is 1. The van der Waals surface area contributed by atoms with Crippen molar-refractivity contribution in [3.05, 3.63) is 35.4 Å². The molecule has 1 aliphatic carbocycles. The Hall–Kier alpha value is -1.53. The molecule has 132 valence electrons. The van der Waals surface area contributed by atoms with Crippen LogP contribution in [0, 0.1) is 17.0 Å². The molecule has 1 spiro atoms. The lowest BCUT2D eigenvalue weighted by molar-refractivity contribution is -0.210. The first kappa shape index (κ1) is 17.3. The molecule has 2 atom stereocenters. The van der Waals surface area contributed by atoms with E-state index in [-0.39, 0.29) is 30.0 Å². The number of carbonyl (C=O) groups is 1. The van der Waals surface area contributed by atoms with Crippen LogP contribution in [0.4, 0.5) is 8.78 Å². The normalized spacial score (nSPS) is 25.6. The maximum Gasteiger partial charge on any atom is 0.226 e. The number of halogens is 2. The van der Waals surface area contributed by atoms with Gasteiger partial charge in [0.15, 0.2) is 11.6 Å². The number of ether oxygens (including phenoxy) is 1. The Morgan fingerprint density at radius 2 is 2.04 bits per heavy atom. The summed E-state index contributed by atoms with van der Waals surface area (Å²) < 4.78 is 31.9. The highest BCUT2D eigenvalue weighted by atomic mass is 19.2. The fourth-order valence-electron chi connectivity index (χ4n) is 3.93. The van der Waals surface area contributed by atoms with E-state index in [9.17, 15) is 18.7 Å². The van der Waals surface area contributed by atoms with Crippen molar-refractivity contribution in [2.45, 2.75) is 44.8 Å². The predicted octanol–water partition coefficient (Wildman–Crippen LogP) is 2.29. The van der Waals surface area contributed by atoms with E-state index in [1.807, 2.05) is 6.92 Å². The highest BCUT2D eigenvalue weighted by molar-refractivity contribution is 5.78. The van der Waals surface area contributed by atoms with Crippen molar-refractivity contribution in [1.82, 2.24) is 4.90 Å². The zero-order valence-electron chi connectivity index (χ0n) is 13.8. The maximum atomic E-state index is 13.2. The Bertz CT molecular complexity index is 612. The highest BCUT2D eigenvalue weighted by Crippen LogP contribution is 2.50. The third-order valence-electron chi connectivity index (χ3n) is 5.50. The molecule has 2 aliphatic rings. The number of hydrogen-bond acceptors (Lipinski definition) is 3. The van der Waals surface area contributed by atoms with Crippen molar-refractivity contribution < 1.29 is 23.4 Å². The van der Waals surface area contributed by atoms with Crippen LogP contribution in [0.2, 0.25) is 0 Å². The van der Waals surface area contributed by atoms with Gasteiger partial charge in [0.1, 0.15) is 0 Å². The number of nitrogens with zero attached hydrogens (tertiary/aromatic N) is 1. The molecule has 1 N–H and O–H groups in total. The number of aliphatic hydroxyl groups is 1. The van der Waals surface area contributed by atoms with Gasteiger partial charge in [0.25, 0.3) is 0 Å². The predicted molar refractivity (Wildman–Crippen MR) is 84.3 cm³/mol. The van der Waals surface area contributed by atoms with Crippen LogP contribution in [0.25, 0.3) is 0 Å². The lowest BCUT2D eigenvalue weighted by Crippen LogP contribution is -2.62. The van der Waals surface area contributed by atoms with Crippen LogP contribution in [0.3, 0.4) is 0 Å². The smallest absolute Gasteiger partial charge is 0.226 e. The van der Waals surface area contributed by atoms with E-state index < -0.39 is 11.6 Å². The number of hydrogen-bond donors (Lipinski definition) is 1. The standard InChI is InChI=1S/C18H23F2NO3/c1-2-24-16-11-15(22)18(16)5-7-21(8-6-18)17(23)10-12-3-4-13(19)14(20)9-12/h3-4,9,15-16,22H,2,5-8,10-11H2,1H3. The average molecular weight is 339 g/mol. The monoisotopic (exact) mass is 339 g/mol. The molecule has 6 heteroatoms. The topological polar surface area (TPSA) is 49.8 Å². The van der Waals surface area contributed by atoms with Crippen LogP contribution in [-0.4, -0.2) is 47.8 Å². The van der Waals surface area contributed by atoms with Gasteiger partial charge < -0.3 is 14.7 Å². The second-order valence-electron chi connectivity index (χ2n) is 6.73. The van der Waals surface area contributed by atoms with E-state index in [0.29, 0.717) is 44.5 Å². The van der Waals surface area contributed by atoms with Gasteiger partial charge in [-0.3, -0.25) is 4.79 Å². The molecule has 2 fully saturated rings. The molecular formula is C18H23F2NO3. The van der Waals surface area contributed by atoms with Crippen molar-refractivity contribution >= 4 is 5.91 Å². The quantitative estimate of drug-likeness (QED) is 0.916. The molecule has 1 aromatic rings. The van der Waals surface area contributed by atoms with Gasteiger partial charge in [-0.15, -0.1) is 0 Å². The first-order chi connectivity index (χ1) is 11.5. The molecule has 0 radical (unpaired) electrons. The van der Waals surface area contributed by atoms with E-state index in [0.717, 1.165) is 12.1 Å². The van der Waals surface area contributed by atoms with Gasteiger partial charge >= 0.3 is 0 Å². The molecule has 1 amide bonds. The number of piperidine rings is 1. The summed E-state index contributed by atoms with van der Waals surface area (Å²) >= 11 is 0. The number of carbonyl (C=O) groups excluding carboxylic acids is 1. The summed E-state index contributed by atoms with van der Waals surface area (Å²) in [6.07, 6.45) is 1.85. The summed E-state index contributed by atoms with van der Waals surface area (Å²) in [6.45, 7) is 3.68. The summed E-state index contributed by atoms with van der Waals surface area (Å²) in [5, 5.41) is 10.2. The minimum atomic E-state index is -0.935. The van der Waals surface area contributed by atoms with Gasteiger partial charge in [0.2, 0.25) is 5.91 Å². The van der Waals surface area contributed by atoms with Gasteiger partial charge in [-0.2, -0.15) is 0 Å². The average Bonchev–Trinajstić information content (AvgIpc) is 2.58. The van der Waals surface area contributed by atoms with Crippen molar-refractivity contribution in [1.29, 1.82) is 0 Å². The molecule has 4 nitrogen and oxygen atoms in total. The highest BCUT2D eigenvalue weighted by Gasteiger charge is 2.56. The fraction of sp³-hybridized carbons (Fsp3) is 0.611. The van der Waals surface area contributed by atoms with Crippen LogP contribution in [-0.2, 0) is 16.0 Å². The summed E-state index contributed by atoms with van der Waals surface area (Å²) in [5.41, 5.74) is 0.240. The van der Waals surface area contributed by atoms with E-state index in [1.165, 1.54) is 6.07 Å². The zero-order chi connectivity index (χ0) is 17.3. The third kappa shape index (κ3) is 3.05. The van der Waals surface area contributed by atoms with E-state index >= 15 is 0 Å². The van der Waals surface area contributed by atoms with Gasteiger partial charge in [-0.1, -0.05) is 6.07 Å². The van der Waals surface area contributed by atoms with Crippen molar-refractivity contribution in [2.24, 2.45) is 5.41 Å². The van der Waals surface area contributed by atoms with E-state index in [1.54, 1.807) is 4.90 Å². The Kier molecular flexibility index (Phi) is 4.88. The molecular weight excluding hydrogens is 316 g/mol. The molecule has 1 heterocycles. The van der Waals surface area contributed by atoms with E-state index in [4.69, 9.17) is 4.74 Å². The Morgan fingerprint density at radius 3 is 2.62 bits per heavy atom. The van der Waals surface area contributed by atoms with Crippen LogP contribution in [0.1, 0.15) is 31.7 Å². The largest absolute Gasteiger partial charge is 0.392 e. The third-order valence-corrected chi connectivity index (χ3v) is 5.50. The van der Waals surface area contributed by atoms with Crippen LogP contribution < -0.4 is 0 Å². The molecule has 1 aromatic carbocycles. The minimum Gasteiger partial charge on any atom is -0.392 e. The van der Waals surface area contributed by atoms with Crippen molar-refractivity contribution in [3.63, 3.8) is 0 Å². The fourth-order valence-corrected chi connectivity index (χ4v) is 3.93. The Labute approximate surface area is 140 Å². The minimum absolute atomic E-state index is 0.0572. The number of likely N-dealkylation sites (tertiary alicyclic amines) is 1. The van der Waals surface area contributed by atoms with Gasteiger partial charge in [0.05, 0.1) is 18.6 Å². The zero-order valence-corrected chi connectivity index (χ0v) is 13.8. The molecule has 24 heavy (non-hydrogen) atoms. The molecule has 3 rings (SSSR count). The second kappa shape index (κ2) is 6.76. The molecule has 2 unspecified atom stereocenters. The summed E-state index contributed by atoms with van der Waals surface area (Å²) in [5.74, 6) is -1.94. The summed E-state index contributed by atoms with van der Waals surface area (Å²) in [6, 6.07) is 3.54. The lowest BCUT2D eigenvalue weighted by Gasteiger charge is -2.56. The number of amides is 1. The first-order valence-corrected chi connectivity index (χ1v) is 8.47. The van der Waals surface area contributed by atoms with Crippen molar-refractivity contribution in [2.75, 3.05) is 19.7 Å². The molecule has 1 saturated carbocycles. The molecule has 0 bridgehead atoms. The molecule has 0 aromatic heterocycles. The SMILES string of the molecule is CCOC1CC(O)C12CCN(C(=O)Cc1ccc(F)c(F)c1)CC2. The first-order valence-electron chi connectivity index (χ1n) is 8.47. The van der Waals surface area contributed by atoms with Gasteiger partial charge in [-0.25, -0.2) is 8.78 Å². The Balaban J connectivity index is 1.58. The number of rotatable bonds is 4. The van der Waals surface area contributed by atoms with E-state index in [2.05, 4.69) is 0 Å². The van der Waals surface area contributed by atoms with Crippen LogP contribution >= 0.6 is 0 Å². The van der Waals surface area contributed by atoms with Crippen LogP contribution in [0.5, 0.6) is 0 Å². The lowest BCUT2D eigenvalue weighted by atomic mass is 9.58. The summed E-state index contributed by atoms with van der Waals surface area (Å²) in [4.78, 5) is 14.1. The van der Waals surface area contributed by atoms with Gasteiger partial charge in [0, 0.05) is 31.5 Å². The summed E-state index contributed by atoms with van der Waals surface area (Å²) in [7, 11) is 0. The maximum absolute atomic E-state index is 13.2. The van der Waals surface area contributed by atoms with Crippen LogP contribution in [0.15, 0.2) is 18.2 Å². The molecule has 1 saturated heterocycles. The Morgan fingerprint density at radius 1 is 1.33 bits per heavy atom. The van der Waals surface area contributed by atoms with Crippen molar-refractivity contribution in [3.8, 4) is 0 Å². The molecule has 1 aliphatic heterocycles. The number of aliphatic hydroxyl groups excluding tert-OH is 1. The van der Waals surface area contributed by atoms with Gasteiger partial charge in [-0.05, 0) is 37.5 Å².